The number of esters is 1. The number of carbonyl (C=O) groups excluding carboxylic acids is 1. The number of aliphatic hydroxyl groups is 3. The van der Waals surface area contributed by atoms with Crippen LogP contribution >= 0.6 is 0 Å². The van der Waals surface area contributed by atoms with Gasteiger partial charge in [0.1, 0.15) is 31.0 Å². The van der Waals surface area contributed by atoms with Gasteiger partial charge in [-0.15, -0.1) is 0 Å². The predicted octanol–water partition coefficient (Wildman–Crippen LogP) is 0.521. The van der Waals surface area contributed by atoms with Gasteiger partial charge in [-0.2, -0.15) is 0 Å². The molecule has 8 unspecified atom stereocenters. The van der Waals surface area contributed by atoms with Gasteiger partial charge in [0.05, 0.1) is 22.9 Å². The lowest BCUT2D eigenvalue weighted by Crippen LogP contribution is -2.65. The van der Waals surface area contributed by atoms with Gasteiger partial charge in [0.2, 0.25) is 0 Å². The van der Waals surface area contributed by atoms with E-state index in [-0.39, 0.29) is 17.1 Å². The fraction of sp³-hybridized carbons (Fsp3) is 0.696. The monoisotopic (exact) mass is 484 g/mol. The molecule has 190 valence electrons. The average Bonchev–Trinajstić information content (AvgIpc) is 2.76. The van der Waals surface area contributed by atoms with Crippen molar-refractivity contribution < 1.29 is 54.4 Å². The third-order valence-electron chi connectivity index (χ3n) is 7.30. The minimum absolute atomic E-state index is 0.252. The molecule has 0 radical (unpaired) electrons. The molecule has 3 heterocycles. The zero-order valence-corrected chi connectivity index (χ0v) is 19.2. The van der Waals surface area contributed by atoms with Crippen LogP contribution in [0.15, 0.2) is 12.1 Å². The lowest BCUT2D eigenvalue weighted by atomic mass is 9.67. The van der Waals surface area contributed by atoms with Crippen LogP contribution in [0.25, 0.3) is 0 Å². The van der Waals surface area contributed by atoms with E-state index in [1.165, 1.54) is 0 Å². The molecule has 0 aromatic heterocycles. The zero-order chi connectivity index (χ0) is 25.0. The molecule has 3 saturated heterocycles. The molecule has 1 aromatic carbocycles. The highest BCUT2D eigenvalue weighted by atomic mass is 16.7. The highest BCUT2D eigenvalue weighted by Crippen LogP contribution is 2.51. The fourth-order valence-electron chi connectivity index (χ4n) is 5.17. The summed E-state index contributed by atoms with van der Waals surface area (Å²) in [4.78, 5) is 12.3. The van der Waals surface area contributed by atoms with Crippen molar-refractivity contribution in [2.75, 3.05) is 6.61 Å². The minimum atomic E-state index is -1.62. The minimum Gasteiger partial charge on any atom is -0.504 e. The molecule has 34 heavy (non-hydrogen) atoms. The second kappa shape index (κ2) is 8.81. The van der Waals surface area contributed by atoms with Crippen molar-refractivity contribution in [2.24, 2.45) is 5.92 Å². The Hall–Kier alpha value is -2.15. The van der Waals surface area contributed by atoms with Gasteiger partial charge in [0.25, 0.3) is 0 Å². The Morgan fingerprint density at radius 1 is 1.06 bits per heavy atom. The number of fused-ring (bicyclic) bond motifs is 3. The summed E-state index contributed by atoms with van der Waals surface area (Å²) in [6.45, 7) is 5.50. The molecule has 3 aliphatic heterocycles. The van der Waals surface area contributed by atoms with Crippen molar-refractivity contribution in [3.8, 4) is 17.2 Å². The SMILES string of the molecule is CC1(C)OC2(C)CCC1CC2OC1OC(COC(=O)c2cc(O)c(O)c(O)c2)C(O)C(O)C1O. The van der Waals surface area contributed by atoms with Gasteiger partial charge < -0.3 is 49.6 Å². The van der Waals surface area contributed by atoms with E-state index in [0.29, 0.717) is 6.42 Å². The Morgan fingerprint density at radius 2 is 1.71 bits per heavy atom. The number of benzene rings is 1. The van der Waals surface area contributed by atoms with Gasteiger partial charge >= 0.3 is 5.97 Å². The number of ether oxygens (including phenoxy) is 4. The van der Waals surface area contributed by atoms with Crippen LogP contribution in [0.2, 0.25) is 0 Å². The number of aliphatic hydroxyl groups excluding tert-OH is 3. The molecule has 11 nitrogen and oxygen atoms in total. The average molecular weight is 484 g/mol. The largest absolute Gasteiger partial charge is 0.504 e. The predicted molar refractivity (Wildman–Crippen MR) is 114 cm³/mol. The maximum Gasteiger partial charge on any atom is 0.338 e. The topological polar surface area (TPSA) is 175 Å². The number of phenolic OH excluding ortho intramolecular Hbond substituents is 3. The third kappa shape index (κ3) is 4.43. The quantitative estimate of drug-likeness (QED) is 0.254. The Morgan fingerprint density at radius 3 is 2.29 bits per heavy atom. The van der Waals surface area contributed by atoms with Crippen LogP contribution in [-0.4, -0.2) is 91.2 Å². The number of phenols is 3. The van der Waals surface area contributed by atoms with Crippen LogP contribution < -0.4 is 0 Å². The summed E-state index contributed by atoms with van der Waals surface area (Å²) in [5.74, 6) is -2.93. The third-order valence-corrected chi connectivity index (χ3v) is 7.30. The van der Waals surface area contributed by atoms with Crippen molar-refractivity contribution >= 4 is 5.97 Å². The van der Waals surface area contributed by atoms with E-state index in [1.807, 2.05) is 20.8 Å². The molecule has 2 bridgehead atoms. The number of carbonyl (C=O) groups is 1. The number of rotatable bonds is 5. The van der Waals surface area contributed by atoms with Crippen molar-refractivity contribution in [2.45, 2.75) is 88.0 Å². The van der Waals surface area contributed by atoms with E-state index in [4.69, 9.17) is 18.9 Å². The Kier molecular flexibility index (Phi) is 6.47. The normalized spacial score (nSPS) is 39.1. The maximum absolute atomic E-state index is 12.3. The smallest absolute Gasteiger partial charge is 0.338 e. The van der Waals surface area contributed by atoms with E-state index in [1.54, 1.807) is 0 Å². The molecule has 1 aromatic rings. The zero-order valence-electron chi connectivity index (χ0n) is 19.2. The van der Waals surface area contributed by atoms with E-state index in [0.717, 1.165) is 25.0 Å². The van der Waals surface area contributed by atoms with Crippen LogP contribution in [0.1, 0.15) is 50.4 Å². The van der Waals surface area contributed by atoms with Gasteiger partial charge in [-0.25, -0.2) is 4.79 Å². The molecule has 8 atom stereocenters. The second-order valence-electron chi connectivity index (χ2n) is 10.1. The number of aromatic hydroxyl groups is 3. The molecule has 11 heteroatoms. The van der Waals surface area contributed by atoms with Crippen molar-refractivity contribution in [1.29, 1.82) is 0 Å². The van der Waals surface area contributed by atoms with E-state index in [9.17, 15) is 35.4 Å². The summed E-state index contributed by atoms with van der Waals surface area (Å²) in [5, 5.41) is 59.7. The maximum atomic E-state index is 12.3. The molecule has 1 saturated carbocycles. The lowest BCUT2D eigenvalue weighted by molar-refractivity contribution is -0.353. The number of hydrogen-bond donors (Lipinski definition) is 6. The first kappa shape index (κ1) is 25.0. The lowest BCUT2D eigenvalue weighted by Gasteiger charge is -2.58. The summed E-state index contributed by atoms with van der Waals surface area (Å²) in [7, 11) is 0. The van der Waals surface area contributed by atoms with Crippen LogP contribution in [-0.2, 0) is 18.9 Å². The molecule has 0 spiro atoms. The molecule has 0 amide bonds. The second-order valence-corrected chi connectivity index (χ2v) is 10.1. The van der Waals surface area contributed by atoms with E-state index < -0.39 is 72.2 Å². The highest BCUT2D eigenvalue weighted by Gasteiger charge is 2.56. The first-order valence-electron chi connectivity index (χ1n) is 11.3. The summed E-state index contributed by atoms with van der Waals surface area (Å²) in [5.41, 5.74) is -1.16. The molecular formula is C23H32O11. The summed E-state index contributed by atoms with van der Waals surface area (Å²) >= 11 is 0. The summed E-state index contributed by atoms with van der Waals surface area (Å²) in [6, 6.07) is 1.81. The molecule has 6 N–H and O–H groups in total. The first-order valence-corrected chi connectivity index (χ1v) is 11.3. The van der Waals surface area contributed by atoms with Crippen LogP contribution in [0.3, 0.4) is 0 Å². The fourth-order valence-corrected chi connectivity index (χ4v) is 5.17. The standard InChI is InChI=1S/C23H32O11/c1-22(2)11-4-5-23(3,34-22)15(8-11)33-21-19(29)18(28)17(27)14(32-21)9-31-20(30)10-6-12(24)16(26)13(25)7-10/h6-7,11,14-15,17-19,21,24-29H,4-5,8-9H2,1-3H3. The summed E-state index contributed by atoms with van der Waals surface area (Å²) < 4.78 is 23.1. The van der Waals surface area contributed by atoms with Crippen LogP contribution in [0.5, 0.6) is 17.2 Å². The van der Waals surface area contributed by atoms with Gasteiger partial charge in [0.15, 0.2) is 23.5 Å². The van der Waals surface area contributed by atoms with Crippen molar-refractivity contribution in [1.82, 2.24) is 0 Å². The Balaban J connectivity index is 1.42. The van der Waals surface area contributed by atoms with Gasteiger partial charge in [-0.05, 0) is 58.1 Å². The van der Waals surface area contributed by atoms with Crippen LogP contribution in [0, 0.1) is 5.92 Å². The van der Waals surface area contributed by atoms with Gasteiger partial charge in [-0.1, -0.05) is 0 Å². The highest BCUT2D eigenvalue weighted by molar-refractivity contribution is 5.91. The van der Waals surface area contributed by atoms with Gasteiger partial charge in [-0.3, -0.25) is 0 Å². The molecular weight excluding hydrogens is 452 g/mol. The molecule has 4 aliphatic rings. The Labute approximate surface area is 196 Å². The number of hydrogen-bond acceptors (Lipinski definition) is 11. The van der Waals surface area contributed by atoms with Gasteiger partial charge in [0, 0.05) is 0 Å². The molecule has 5 rings (SSSR count). The van der Waals surface area contributed by atoms with Crippen molar-refractivity contribution in [3.63, 3.8) is 0 Å². The van der Waals surface area contributed by atoms with E-state index >= 15 is 0 Å². The Bertz CT molecular complexity index is 910. The summed E-state index contributed by atoms with van der Waals surface area (Å²) in [6.07, 6.45) is -5.21. The van der Waals surface area contributed by atoms with E-state index in [2.05, 4.69) is 0 Å². The van der Waals surface area contributed by atoms with Crippen LogP contribution in [0.4, 0.5) is 0 Å². The molecule has 4 fully saturated rings. The molecule has 1 aliphatic carbocycles. The first-order chi connectivity index (χ1) is 15.8. The van der Waals surface area contributed by atoms with Crippen molar-refractivity contribution in [3.05, 3.63) is 17.7 Å².